The fourth-order valence-electron chi connectivity index (χ4n) is 1.91. The standard InChI is InChI=1S/C18H14O3/c1-13(19)16-9-5-3-7-14(16)11-12-15-8-4-6-10-17(15)18(20)21-2/h3-10H,1-2H3. The lowest BCUT2D eigenvalue weighted by molar-refractivity contribution is 0.0600. The van der Waals surface area contributed by atoms with Crippen LogP contribution in [-0.2, 0) is 4.74 Å². The van der Waals surface area contributed by atoms with E-state index in [4.69, 9.17) is 4.74 Å². The van der Waals surface area contributed by atoms with Gasteiger partial charge in [-0.15, -0.1) is 0 Å². The van der Waals surface area contributed by atoms with E-state index in [-0.39, 0.29) is 5.78 Å². The molecule has 3 nitrogen and oxygen atoms in total. The smallest absolute Gasteiger partial charge is 0.339 e. The lowest BCUT2D eigenvalue weighted by Crippen LogP contribution is -2.03. The van der Waals surface area contributed by atoms with E-state index >= 15 is 0 Å². The number of carbonyl (C=O) groups is 2. The number of ether oxygens (including phenoxy) is 1. The second-order valence-electron chi connectivity index (χ2n) is 4.39. The number of hydrogen-bond acceptors (Lipinski definition) is 3. The summed E-state index contributed by atoms with van der Waals surface area (Å²) in [6, 6.07) is 14.1. The number of carbonyl (C=O) groups excluding carboxylic acids is 2. The average Bonchev–Trinajstić information content (AvgIpc) is 2.52. The van der Waals surface area contributed by atoms with Gasteiger partial charge in [-0.1, -0.05) is 42.2 Å². The predicted molar refractivity (Wildman–Crippen MR) is 80.2 cm³/mol. The summed E-state index contributed by atoms with van der Waals surface area (Å²) >= 11 is 0. The highest BCUT2D eigenvalue weighted by atomic mass is 16.5. The van der Waals surface area contributed by atoms with Crippen molar-refractivity contribution >= 4 is 11.8 Å². The van der Waals surface area contributed by atoms with Crippen molar-refractivity contribution in [3.8, 4) is 11.8 Å². The maximum atomic E-state index is 11.7. The molecule has 0 unspecified atom stereocenters. The molecule has 0 fully saturated rings. The number of esters is 1. The third-order valence-electron chi connectivity index (χ3n) is 2.97. The van der Waals surface area contributed by atoms with Gasteiger partial charge < -0.3 is 4.74 Å². The molecule has 0 N–H and O–H groups in total. The summed E-state index contributed by atoms with van der Waals surface area (Å²) in [6.07, 6.45) is 0. The monoisotopic (exact) mass is 278 g/mol. The molecule has 0 aliphatic carbocycles. The Morgan fingerprint density at radius 1 is 0.857 bits per heavy atom. The fraction of sp³-hybridized carbons (Fsp3) is 0.111. The molecule has 0 radical (unpaired) electrons. The second kappa shape index (κ2) is 6.53. The minimum Gasteiger partial charge on any atom is -0.465 e. The van der Waals surface area contributed by atoms with Crippen molar-refractivity contribution in [1.82, 2.24) is 0 Å². The summed E-state index contributed by atoms with van der Waals surface area (Å²) < 4.78 is 4.73. The van der Waals surface area contributed by atoms with Gasteiger partial charge in [0.15, 0.2) is 5.78 Å². The summed E-state index contributed by atoms with van der Waals surface area (Å²) in [4.78, 5) is 23.2. The Balaban J connectivity index is 2.46. The topological polar surface area (TPSA) is 43.4 Å². The predicted octanol–water partition coefficient (Wildman–Crippen LogP) is 3.08. The van der Waals surface area contributed by atoms with E-state index in [9.17, 15) is 9.59 Å². The largest absolute Gasteiger partial charge is 0.465 e. The molecule has 0 aliphatic heterocycles. The van der Waals surface area contributed by atoms with Gasteiger partial charge >= 0.3 is 5.97 Å². The number of methoxy groups -OCH3 is 1. The maximum absolute atomic E-state index is 11.7. The number of ketones is 1. The fourth-order valence-corrected chi connectivity index (χ4v) is 1.91. The molecule has 0 amide bonds. The zero-order valence-electron chi connectivity index (χ0n) is 11.8. The van der Waals surface area contributed by atoms with Crippen molar-refractivity contribution < 1.29 is 14.3 Å². The first kappa shape index (κ1) is 14.5. The lowest BCUT2D eigenvalue weighted by atomic mass is 10.0. The van der Waals surface area contributed by atoms with Crippen LogP contribution in [0.2, 0.25) is 0 Å². The third kappa shape index (κ3) is 3.37. The van der Waals surface area contributed by atoms with Crippen LogP contribution >= 0.6 is 0 Å². The highest BCUT2D eigenvalue weighted by Crippen LogP contribution is 2.11. The summed E-state index contributed by atoms with van der Waals surface area (Å²) in [5, 5.41) is 0. The van der Waals surface area contributed by atoms with Crippen molar-refractivity contribution in [3.05, 3.63) is 70.8 Å². The molecule has 3 heteroatoms. The van der Waals surface area contributed by atoms with Crippen LogP contribution in [0.25, 0.3) is 0 Å². The van der Waals surface area contributed by atoms with Gasteiger partial charge in [0, 0.05) is 16.7 Å². The molecule has 0 heterocycles. The molecule has 21 heavy (non-hydrogen) atoms. The minimum absolute atomic E-state index is 0.0406. The number of hydrogen-bond donors (Lipinski definition) is 0. The molecule has 104 valence electrons. The van der Waals surface area contributed by atoms with Crippen molar-refractivity contribution in [1.29, 1.82) is 0 Å². The lowest BCUT2D eigenvalue weighted by Gasteiger charge is -2.02. The summed E-state index contributed by atoms with van der Waals surface area (Å²) in [5.41, 5.74) is 2.20. The van der Waals surface area contributed by atoms with E-state index in [1.54, 1.807) is 42.5 Å². The summed E-state index contributed by atoms with van der Waals surface area (Å²) in [7, 11) is 1.33. The quantitative estimate of drug-likeness (QED) is 0.481. The zero-order chi connectivity index (χ0) is 15.2. The minimum atomic E-state index is -0.431. The van der Waals surface area contributed by atoms with Crippen LogP contribution in [0, 0.1) is 11.8 Å². The molecule has 2 aromatic rings. The Labute approximate surface area is 123 Å². The van der Waals surface area contributed by atoms with E-state index in [2.05, 4.69) is 11.8 Å². The molecule has 2 aromatic carbocycles. The molecule has 0 saturated carbocycles. The van der Waals surface area contributed by atoms with E-state index in [1.165, 1.54) is 14.0 Å². The second-order valence-corrected chi connectivity index (χ2v) is 4.39. The van der Waals surface area contributed by atoms with Crippen molar-refractivity contribution in [3.63, 3.8) is 0 Å². The van der Waals surface area contributed by atoms with Crippen LogP contribution in [0.3, 0.4) is 0 Å². The highest BCUT2D eigenvalue weighted by molar-refractivity contribution is 5.96. The van der Waals surface area contributed by atoms with E-state index < -0.39 is 5.97 Å². The molecule has 0 saturated heterocycles. The van der Waals surface area contributed by atoms with Gasteiger partial charge in [0.25, 0.3) is 0 Å². The average molecular weight is 278 g/mol. The number of benzene rings is 2. The molecule has 0 spiro atoms. The van der Waals surface area contributed by atoms with Gasteiger partial charge in [-0.3, -0.25) is 4.79 Å². The van der Waals surface area contributed by atoms with Crippen molar-refractivity contribution in [2.75, 3.05) is 7.11 Å². The third-order valence-corrected chi connectivity index (χ3v) is 2.97. The molecular weight excluding hydrogens is 264 g/mol. The summed E-state index contributed by atoms with van der Waals surface area (Å²) in [5.74, 6) is 5.42. The van der Waals surface area contributed by atoms with E-state index in [0.29, 0.717) is 22.3 Å². The first-order valence-electron chi connectivity index (χ1n) is 6.43. The van der Waals surface area contributed by atoms with Crippen molar-refractivity contribution in [2.24, 2.45) is 0 Å². The van der Waals surface area contributed by atoms with Crippen LogP contribution in [0.5, 0.6) is 0 Å². The van der Waals surface area contributed by atoms with Gasteiger partial charge in [0.2, 0.25) is 0 Å². The van der Waals surface area contributed by atoms with Gasteiger partial charge in [-0.05, 0) is 25.1 Å². The Hall–Kier alpha value is -2.86. The first-order valence-corrected chi connectivity index (χ1v) is 6.43. The van der Waals surface area contributed by atoms with Crippen LogP contribution < -0.4 is 0 Å². The van der Waals surface area contributed by atoms with Gasteiger partial charge in [-0.25, -0.2) is 4.79 Å². The van der Waals surface area contributed by atoms with Gasteiger partial charge in [-0.2, -0.15) is 0 Å². The maximum Gasteiger partial charge on any atom is 0.339 e. The van der Waals surface area contributed by atoms with Crippen LogP contribution in [-0.4, -0.2) is 18.9 Å². The zero-order valence-corrected chi connectivity index (χ0v) is 11.8. The SMILES string of the molecule is COC(=O)c1ccccc1C#Cc1ccccc1C(C)=O. The van der Waals surface area contributed by atoms with Crippen molar-refractivity contribution in [2.45, 2.75) is 6.92 Å². The Bertz CT molecular complexity index is 748. The Morgan fingerprint density at radius 2 is 1.33 bits per heavy atom. The Kier molecular flexibility index (Phi) is 4.53. The van der Waals surface area contributed by atoms with Crippen LogP contribution in [0.15, 0.2) is 48.5 Å². The van der Waals surface area contributed by atoms with E-state index in [0.717, 1.165) is 0 Å². The molecule has 0 atom stereocenters. The summed E-state index contributed by atoms with van der Waals surface area (Å²) in [6.45, 7) is 1.50. The molecule has 2 rings (SSSR count). The normalized spacial score (nSPS) is 9.43. The molecule has 0 aliphatic rings. The van der Waals surface area contributed by atoms with Crippen LogP contribution in [0.1, 0.15) is 38.8 Å². The van der Waals surface area contributed by atoms with Gasteiger partial charge in [0.05, 0.1) is 12.7 Å². The van der Waals surface area contributed by atoms with Crippen LogP contribution in [0.4, 0.5) is 0 Å². The Morgan fingerprint density at radius 3 is 1.86 bits per heavy atom. The molecule has 0 bridgehead atoms. The van der Waals surface area contributed by atoms with Gasteiger partial charge in [0.1, 0.15) is 0 Å². The first-order chi connectivity index (χ1) is 10.1. The molecule has 0 aromatic heterocycles. The number of rotatable bonds is 2. The highest BCUT2D eigenvalue weighted by Gasteiger charge is 2.09. The van der Waals surface area contributed by atoms with E-state index in [1.807, 2.05) is 6.07 Å². The molecular formula is C18H14O3. The number of Topliss-reactive ketones (excluding diaryl/α,β-unsaturated/α-hetero) is 1.